The SMILES string of the molecule is CCCNC(=O)Nc1nc(C)c(C#Cc2ccncc2)s1. The molecule has 2 aromatic rings. The number of hydrogen-bond donors (Lipinski definition) is 2. The van der Waals surface area contributed by atoms with E-state index in [1.165, 1.54) is 11.3 Å². The van der Waals surface area contributed by atoms with E-state index < -0.39 is 0 Å². The Hall–Kier alpha value is -2.39. The number of thiazole rings is 1. The predicted octanol–water partition coefficient (Wildman–Crippen LogP) is 2.78. The summed E-state index contributed by atoms with van der Waals surface area (Å²) in [7, 11) is 0. The average molecular weight is 300 g/mol. The van der Waals surface area contributed by atoms with Gasteiger partial charge in [0.1, 0.15) is 4.88 Å². The van der Waals surface area contributed by atoms with E-state index in [1.54, 1.807) is 12.4 Å². The molecule has 0 aliphatic carbocycles. The van der Waals surface area contributed by atoms with Crippen molar-refractivity contribution in [3.05, 3.63) is 40.7 Å². The van der Waals surface area contributed by atoms with Crippen LogP contribution in [-0.2, 0) is 0 Å². The van der Waals surface area contributed by atoms with Crippen LogP contribution in [-0.4, -0.2) is 22.5 Å². The molecule has 0 spiro atoms. The first-order chi connectivity index (χ1) is 10.2. The Balaban J connectivity index is 2.06. The molecule has 2 N–H and O–H groups in total. The van der Waals surface area contributed by atoms with E-state index >= 15 is 0 Å². The minimum Gasteiger partial charge on any atom is -0.338 e. The Morgan fingerprint density at radius 3 is 2.81 bits per heavy atom. The van der Waals surface area contributed by atoms with Crippen molar-refractivity contribution in [3.8, 4) is 11.8 Å². The molecule has 0 aliphatic heterocycles. The lowest BCUT2D eigenvalue weighted by molar-refractivity contribution is 0.252. The molecule has 0 fully saturated rings. The number of urea groups is 1. The first-order valence-electron chi connectivity index (χ1n) is 6.63. The molecule has 5 nitrogen and oxygen atoms in total. The molecule has 0 saturated carbocycles. The van der Waals surface area contributed by atoms with Crippen molar-refractivity contribution in [2.24, 2.45) is 0 Å². The second kappa shape index (κ2) is 7.41. The minimum atomic E-state index is -0.237. The van der Waals surface area contributed by atoms with Gasteiger partial charge in [-0.2, -0.15) is 0 Å². The number of nitrogens with one attached hydrogen (secondary N) is 2. The Kier molecular flexibility index (Phi) is 5.29. The van der Waals surface area contributed by atoms with E-state index in [9.17, 15) is 4.79 Å². The summed E-state index contributed by atoms with van der Waals surface area (Å²) in [5, 5.41) is 6.01. The molecule has 108 valence electrons. The zero-order valence-corrected chi connectivity index (χ0v) is 12.8. The third-order valence-electron chi connectivity index (χ3n) is 2.55. The quantitative estimate of drug-likeness (QED) is 0.857. The Bertz CT molecular complexity index is 670. The first-order valence-corrected chi connectivity index (χ1v) is 7.45. The molecule has 2 heterocycles. The summed E-state index contributed by atoms with van der Waals surface area (Å²) < 4.78 is 0. The standard InChI is InChI=1S/C15H16N4OS/c1-3-8-17-14(20)19-15-18-11(2)13(21-15)5-4-12-6-9-16-10-7-12/h6-7,9-10H,3,8H2,1-2H3,(H2,17,18,19,20). The van der Waals surface area contributed by atoms with Crippen molar-refractivity contribution in [1.29, 1.82) is 0 Å². The maximum absolute atomic E-state index is 11.6. The van der Waals surface area contributed by atoms with Crippen molar-refractivity contribution >= 4 is 22.5 Å². The molecule has 2 aromatic heterocycles. The van der Waals surface area contributed by atoms with E-state index in [2.05, 4.69) is 32.4 Å². The molecule has 0 saturated heterocycles. The first kappa shape index (κ1) is 15.0. The number of hydrogen-bond acceptors (Lipinski definition) is 4. The molecule has 21 heavy (non-hydrogen) atoms. The van der Waals surface area contributed by atoms with Gasteiger partial charge in [0.2, 0.25) is 0 Å². The Labute approximate surface area is 127 Å². The van der Waals surface area contributed by atoms with Gasteiger partial charge in [-0.3, -0.25) is 10.3 Å². The zero-order chi connectivity index (χ0) is 15.1. The van der Waals surface area contributed by atoms with Crippen LogP contribution in [0.1, 0.15) is 29.5 Å². The molecule has 0 atom stereocenters. The van der Waals surface area contributed by atoms with Crippen LogP contribution < -0.4 is 10.6 Å². The number of rotatable bonds is 3. The van der Waals surface area contributed by atoms with Crippen LogP contribution in [0.4, 0.5) is 9.93 Å². The summed E-state index contributed by atoms with van der Waals surface area (Å²) in [6.45, 7) is 4.52. The molecule has 0 aromatic carbocycles. The summed E-state index contributed by atoms with van der Waals surface area (Å²) in [5.41, 5.74) is 1.71. The van der Waals surface area contributed by atoms with Gasteiger partial charge in [-0.15, -0.1) is 0 Å². The maximum atomic E-state index is 11.6. The van der Waals surface area contributed by atoms with Gasteiger partial charge in [-0.1, -0.05) is 24.2 Å². The monoisotopic (exact) mass is 300 g/mol. The summed E-state index contributed by atoms with van der Waals surface area (Å²) in [6, 6.07) is 3.46. The highest BCUT2D eigenvalue weighted by Crippen LogP contribution is 2.21. The van der Waals surface area contributed by atoms with Crippen LogP contribution in [0.5, 0.6) is 0 Å². The number of nitrogens with zero attached hydrogens (tertiary/aromatic N) is 2. The molecule has 0 unspecified atom stereocenters. The highest BCUT2D eigenvalue weighted by Gasteiger charge is 2.08. The second-order valence-corrected chi connectivity index (χ2v) is 5.30. The van der Waals surface area contributed by atoms with Crippen molar-refractivity contribution in [2.75, 3.05) is 11.9 Å². The number of amides is 2. The zero-order valence-electron chi connectivity index (χ0n) is 11.9. The van der Waals surface area contributed by atoms with E-state index in [0.29, 0.717) is 11.7 Å². The van der Waals surface area contributed by atoms with Crippen molar-refractivity contribution < 1.29 is 4.79 Å². The van der Waals surface area contributed by atoms with Gasteiger partial charge in [0.15, 0.2) is 5.13 Å². The van der Waals surface area contributed by atoms with Gasteiger partial charge < -0.3 is 5.32 Å². The van der Waals surface area contributed by atoms with Crippen molar-refractivity contribution in [2.45, 2.75) is 20.3 Å². The van der Waals surface area contributed by atoms with Crippen LogP contribution >= 0.6 is 11.3 Å². The van der Waals surface area contributed by atoms with Crippen LogP contribution in [0.3, 0.4) is 0 Å². The Morgan fingerprint density at radius 1 is 1.33 bits per heavy atom. The molecular weight excluding hydrogens is 284 g/mol. The normalized spacial score (nSPS) is 9.62. The van der Waals surface area contributed by atoms with Gasteiger partial charge in [-0.25, -0.2) is 9.78 Å². The molecule has 0 bridgehead atoms. The van der Waals surface area contributed by atoms with E-state index in [1.807, 2.05) is 26.0 Å². The minimum absolute atomic E-state index is 0.237. The predicted molar refractivity (Wildman–Crippen MR) is 84.4 cm³/mol. The van der Waals surface area contributed by atoms with Crippen LogP contribution in [0.15, 0.2) is 24.5 Å². The highest BCUT2D eigenvalue weighted by molar-refractivity contribution is 7.16. The van der Waals surface area contributed by atoms with Gasteiger partial charge >= 0.3 is 6.03 Å². The fourth-order valence-corrected chi connectivity index (χ4v) is 2.32. The summed E-state index contributed by atoms with van der Waals surface area (Å²) >= 11 is 1.37. The number of carbonyl (C=O) groups is 1. The van der Waals surface area contributed by atoms with Gasteiger partial charge in [0.05, 0.1) is 5.69 Å². The number of aromatic nitrogens is 2. The Morgan fingerprint density at radius 2 is 2.10 bits per heavy atom. The second-order valence-electron chi connectivity index (χ2n) is 4.30. The summed E-state index contributed by atoms with van der Waals surface area (Å²) in [5.74, 6) is 6.13. The van der Waals surface area contributed by atoms with Gasteiger partial charge in [0, 0.05) is 24.5 Å². The molecule has 0 aliphatic rings. The largest absolute Gasteiger partial charge is 0.338 e. The number of carbonyl (C=O) groups excluding carboxylic acids is 1. The maximum Gasteiger partial charge on any atom is 0.321 e. The number of aryl methyl sites for hydroxylation is 1. The van der Waals surface area contributed by atoms with E-state index in [4.69, 9.17) is 0 Å². The smallest absolute Gasteiger partial charge is 0.321 e. The van der Waals surface area contributed by atoms with Crippen LogP contribution in [0, 0.1) is 18.8 Å². The highest BCUT2D eigenvalue weighted by atomic mass is 32.1. The lowest BCUT2D eigenvalue weighted by Gasteiger charge is -2.02. The lowest BCUT2D eigenvalue weighted by Crippen LogP contribution is -2.29. The fraction of sp³-hybridized carbons (Fsp3) is 0.267. The van der Waals surface area contributed by atoms with E-state index in [-0.39, 0.29) is 6.03 Å². The molecule has 2 amide bonds. The summed E-state index contributed by atoms with van der Waals surface area (Å²) in [6.07, 6.45) is 4.30. The average Bonchev–Trinajstić information content (AvgIpc) is 2.84. The topological polar surface area (TPSA) is 66.9 Å². The third-order valence-corrected chi connectivity index (χ3v) is 3.54. The fourth-order valence-electron chi connectivity index (χ4n) is 1.51. The van der Waals surface area contributed by atoms with Crippen LogP contribution in [0.25, 0.3) is 0 Å². The molecule has 0 radical (unpaired) electrons. The van der Waals surface area contributed by atoms with Crippen molar-refractivity contribution in [1.82, 2.24) is 15.3 Å². The third kappa shape index (κ3) is 4.58. The molecule has 2 rings (SSSR count). The molecule has 6 heteroatoms. The van der Waals surface area contributed by atoms with Gasteiger partial charge in [0.25, 0.3) is 0 Å². The number of anilines is 1. The number of pyridine rings is 1. The van der Waals surface area contributed by atoms with Crippen molar-refractivity contribution in [3.63, 3.8) is 0 Å². The van der Waals surface area contributed by atoms with Crippen LogP contribution in [0.2, 0.25) is 0 Å². The van der Waals surface area contributed by atoms with E-state index in [0.717, 1.165) is 22.6 Å². The lowest BCUT2D eigenvalue weighted by atomic mass is 10.2. The summed E-state index contributed by atoms with van der Waals surface area (Å²) in [4.78, 5) is 20.7. The molecular formula is C15H16N4OS. The van der Waals surface area contributed by atoms with Gasteiger partial charge in [-0.05, 0) is 31.4 Å².